The number of carbonyl (C=O) groups excluding carboxylic acids is 1. The monoisotopic (exact) mass is 522 g/mol. The van der Waals surface area contributed by atoms with Crippen LogP contribution in [0, 0.1) is 5.82 Å². The Morgan fingerprint density at radius 2 is 2.14 bits per heavy atom. The number of hydrogen-bond acceptors (Lipinski definition) is 9. The van der Waals surface area contributed by atoms with Crippen molar-refractivity contribution in [2.75, 3.05) is 44.3 Å². The van der Waals surface area contributed by atoms with Crippen LogP contribution >= 0.6 is 11.6 Å². The van der Waals surface area contributed by atoms with E-state index in [0.717, 1.165) is 0 Å². The number of nitrogen functional groups attached to an aromatic ring is 1. The highest BCUT2D eigenvalue weighted by molar-refractivity contribution is 6.31. The molecular weight excluding hydrogens is 495 g/mol. The molecule has 12 nitrogen and oxygen atoms in total. The molecule has 1 aliphatic rings. The summed E-state index contributed by atoms with van der Waals surface area (Å²) in [6.07, 6.45) is 0.613. The maximum Gasteiger partial charge on any atom is 0.319 e. The predicted octanol–water partition coefficient (Wildman–Crippen LogP) is 1.01. The Kier molecular flexibility index (Phi) is 8.16. The number of likely N-dealkylation sites (N-methyl/N-ethyl adjacent to an activating group) is 1. The Morgan fingerprint density at radius 3 is 2.92 bits per heavy atom. The first-order valence-corrected chi connectivity index (χ1v) is 11.7. The third-order valence-corrected chi connectivity index (χ3v) is 6.31. The number of fused-ring (bicyclic) bond motifs is 1. The van der Waals surface area contributed by atoms with Crippen molar-refractivity contribution < 1.29 is 24.1 Å². The lowest BCUT2D eigenvalue weighted by Gasteiger charge is -2.39. The van der Waals surface area contributed by atoms with Gasteiger partial charge in [0.1, 0.15) is 29.9 Å². The van der Waals surface area contributed by atoms with Crippen molar-refractivity contribution in [2.45, 2.75) is 30.8 Å². The average molecular weight is 523 g/mol. The number of ether oxygens (including phenoxy) is 1. The van der Waals surface area contributed by atoms with E-state index in [4.69, 9.17) is 22.1 Å². The molecule has 1 aliphatic heterocycles. The largest absolute Gasteiger partial charge is 0.388 e. The summed E-state index contributed by atoms with van der Waals surface area (Å²) >= 11 is 5.71. The molecule has 0 radical (unpaired) electrons. The molecule has 0 saturated carbocycles. The summed E-state index contributed by atoms with van der Waals surface area (Å²) in [5, 5.41) is 26.7. The predicted molar refractivity (Wildman–Crippen MR) is 131 cm³/mol. The van der Waals surface area contributed by atoms with Gasteiger partial charge in [0.15, 0.2) is 11.5 Å². The van der Waals surface area contributed by atoms with Crippen LogP contribution in [0.2, 0.25) is 5.02 Å². The highest BCUT2D eigenvalue weighted by Gasteiger charge is 2.40. The Morgan fingerprint density at radius 1 is 1.33 bits per heavy atom. The highest BCUT2D eigenvalue weighted by Crippen LogP contribution is 2.28. The molecule has 2 aromatic heterocycles. The molecule has 6 N–H and O–H groups in total. The molecule has 194 valence electrons. The van der Waals surface area contributed by atoms with Crippen molar-refractivity contribution in [3.63, 3.8) is 0 Å². The van der Waals surface area contributed by atoms with Crippen molar-refractivity contribution in [3.8, 4) is 0 Å². The van der Waals surface area contributed by atoms with Gasteiger partial charge in [-0.2, -0.15) is 0 Å². The molecular formula is C22H28ClFN8O4. The maximum absolute atomic E-state index is 13.2. The standard InChI is InChI=1S/C22H28ClFN8O4/c1-31(6-2-5-26-22(35)30-12-3-4-14(24)13(23)7-12)8-16-19(34)18(33)15(9-36-16)32-11-29-17-20(25)27-10-28-21(17)32/h3-4,7,10-11,15-16,18-19,33-34H,2,5-6,8-9H2,1H3,(H2,25,27,28)(H2,26,30,35)/t15?,16-,18+,19-/m1/s1. The average Bonchev–Trinajstić information content (AvgIpc) is 3.28. The number of hydrogen-bond donors (Lipinski definition) is 5. The van der Waals surface area contributed by atoms with E-state index in [1.807, 2.05) is 11.9 Å². The van der Waals surface area contributed by atoms with Crippen molar-refractivity contribution in [3.05, 3.63) is 41.7 Å². The zero-order valence-electron chi connectivity index (χ0n) is 19.5. The molecule has 0 aliphatic carbocycles. The molecule has 1 saturated heterocycles. The normalized spacial score (nSPS) is 22.2. The van der Waals surface area contributed by atoms with Crippen LogP contribution in [0.3, 0.4) is 0 Å². The molecule has 2 amide bonds. The van der Waals surface area contributed by atoms with Gasteiger partial charge in [0.05, 0.1) is 30.1 Å². The highest BCUT2D eigenvalue weighted by atomic mass is 35.5. The number of nitrogens with one attached hydrogen (secondary N) is 2. The molecule has 36 heavy (non-hydrogen) atoms. The lowest BCUT2D eigenvalue weighted by molar-refractivity contribution is -0.162. The van der Waals surface area contributed by atoms with Gasteiger partial charge in [-0.3, -0.25) is 0 Å². The second-order valence-corrected chi connectivity index (χ2v) is 9.04. The van der Waals surface area contributed by atoms with E-state index in [9.17, 15) is 19.4 Å². The van der Waals surface area contributed by atoms with Crippen LogP contribution in [0.4, 0.5) is 20.7 Å². The van der Waals surface area contributed by atoms with Crippen molar-refractivity contribution in [2.24, 2.45) is 0 Å². The van der Waals surface area contributed by atoms with Crippen molar-refractivity contribution in [1.29, 1.82) is 0 Å². The lowest BCUT2D eigenvalue weighted by atomic mass is 9.97. The van der Waals surface area contributed by atoms with Crippen LogP contribution in [0.25, 0.3) is 11.2 Å². The van der Waals surface area contributed by atoms with Crippen LogP contribution < -0.4 is 16.4 Å². The van der Waals surface area contributed by atoms with Gasteiger partial charge in [-0.15, -0.1) is 0 Å². The summed E-state index contributed by atoms with van der Waals surface area (Å²) in [7, 11) is 1.86. The number of aliphatic hydroxyl groups is 2. The molecule has 0 spiro atoms. The summed E-state index contributed by atoms with van der Waals surface area (Å²) in [6, 6.07) is 2.91. The Hall–Kier alpha value is -3.10. The molecule has 3 heterocycles. The number of carbonyl (C=O) groups is 1. The fraction of sp³-hybridized carbons (Fsp3) is 0.455. The first-order chi connectivity index (χ1) is 17.2. The van der Waals surface area contributed by atoms with Crippen LogP contribution in [0.1, 0.15) is 12.5 Å². The first-order valence-electron chi connectivity index (χ1n) is 11.3. The zero-order chi connectivity index (χ0) is 25.8. The fourth-order valence-corrected chi connectivity index (χ4v) is 4.26. The van der Waals surface area contributed by atoms with E-state index in [0.29, 0.717) is 42.9 Å². The van der Waals surface area contributed by atoms with E-state index in [1.54, 1.807) is 4.57 Å². The lowest BCUT2D eigenvalue weighted by Crippen LogP contribution is -2.54. The molecule has 0 bridgehead atoms. The molecule has 4 atom stereocenters. The fourth-order valence-electron chi connectivity index (χ4n) is 4.08. The number of amides is 2. The third-order valence-electron chi connectivity index (χ3n) is 6.02. The van der Waals surface area contributed by atoms with E-state index >= 15 is 0 Å². The van der Waals surface area contributed by atoms with Gasteiger partial charge < -0.3 is 40.8 Å². The number of anilines is 2. The minimum Gasteiger partial charge on any atom is -0.388 e. The molecule has 1 unspecified atom stereocenters. The van der Waals surface area contributed by atoms with Crippen LogP contribution in [0.15, 0.2) is 30.9 Å². The minimum absolute atomic E-state index is 0.0741. The summed E-state index contributed by atoms with van der Waals surface area (Å²) in [4.78, 5) is 26.2. The number of urea groups is 1. The quantitative estimate of drug-likeness (QED) is 0.271. The maximum atomic E-state index is 13.2. The number of benzene rings is 1. The number of rotatable bonds is 8. The first kappa shape index (κ1) is 26.0. The topological polar surface area (TPSA) is 164 Å². The number of halogens is 2. The molecule has 3 aromatic rings. The molecule has 1 fully saturated rings. The van der Waals surface area contributed by atoms with Gasteiger partial charge in [-0.1, -0.05) is 11.6 Å². The third kappa shape index (κ3) is 5.82. The van der Waals surface area contributed by atoms with Crippen LogP contribution in [0.5, 0.6) is 0 Å². The summed E-state index contributed by atoms with van der Waals surface area (Å²) in [5.74, 6) is -0.326. The Bertz CT molecular complexity index is 1210. The molecule has 1 aromatic carbocycles. The van der Waals surface area contributed by atoms with Gasteiger partial charge in [0.25, 0.3) is 0 Å². The van der Waals surface area contributed by atoms with Gasteiger partial charge in [-0.25, -0.2) is 24.1 Å². The van der Waals surface area contributed by atoms with Crippen LogP contribution in [-0.4, -0.2) is 92.3 Å². The van der Waals surface area contributed by atoms with Gasteiger partial charge in [0, 0.05) is 18.8 Å². The molecule has 4 rings (SSSR count). The number of aliphatic hydroxyl groups excluding tert-OH is 2. The minimum atomic E-state index is -1.13. The Balaban J connectivity index is 1.21. The second-order valence-electron chi connectivity index (χ2n) is 8.63. The number of imidazole rings is 1. The van der Waals surface area contributed by atoms with Gasteiger partial charge in [0.2, 0.25) is 0 Å². The van der Waals surface area contributed by atoms with Gasteiger partial charge >= 0.3 is 6.03 Å². The summed E-state index contributed by atoms with van der Waals surface area (Å²) in [5.41, 5.74) is 7.09. The summed E-state index contributed by atoms with van der Waals surface area (Å²) < 4.78 is 20.7. The number of nitrogens with two attached hydrogens (primary N) is 1. The number of nitrogens with zero attached hydrogens (tertiary/aromatic N) is 5. The van der Waals surface area contributed by atoms with Crippen molar-refractivity contribution >= 4 is 40.3 Å². The smallest absolute Gasteiger partial charge is 0.319 e. The zero-order valence-corrected chi connectivity index (χ0v) is 20.3. The second kappa shape index (κ2) is 11.3. The van der Waals surface area contributed by atoms with Crippen molar-refractivity contribution in [1.82, 2.24) is 29.7 Å². The Labute approximate surface area is 211 Å². The van der Waals surface area contributed by atoms with Gasteiger partial charge in [-0.05, 0) is 38.2 Å². The number of aromatic nitrogens is 4. The van der Waals surface area contributed by atoms with E-state index in [1.165, 1.54) is 30.9 Å². The van der Waals surface area contributed by atoms with Crippen LogP contribution in [-0.2, 0) is 4.74 Å². The summed E-state index contributed by atoms with van der Waals surface area (Å²) in [6.45, 7) is 1.53. The van der Waals surface area contributed by atoms with E-state index in [2.05, 4.69) is 25.6 Å². The molecule has 14 heteroatoms. The van der Waals surface area contributed by atoms with E-state index < -0.39 is 36.2 Å². The SMILES string of the molecule is CN(CCCNC(=O)Nc1ccc(F)c(Cl)c1)C[C@H]1OCC(n2cnc3c(N)ncnc32)[C@H](O)[C@@H]1O. The van der Waals surface area contributed by atoms with E-state index in [-0.39, 0.29) is 17.4 Å².